The van der Waals surface area contributed by atoms with Gasteiger partial charge in [-0.3, -0.25) is 9.80 Å². The van der Waals surface area contributed by atoms with Crippen molar-refractivity contribution in [2.75, 3.05) is 7.05 Å². The Morgan fingerprint density at radius 1 is 0.952 bits per heavy atom. The SMILES string of the molecule is CN(Cc1ccccc1)N=C1C(=O)C(Cl)=C(Cl)C(Cl)=C1Cl. The van der Waals surface area contributed by atoms with Gasteiger partial charge in [0.2, 0.25) is 5.78 Å². The summed E-state index contributed by atoms with van der Waals surface area (Å²) in [6.07, 6.45) is 0. The molecule has 110 valence electrons. The van der Waals surface area contributed by atoms with E-state index in [4.69, 9.17) is 46.4 Å². The van der Waals surface area contributed by atoms with Crippen molar-refractivity contribution in [2.24, 2.45) is 5.10 Å². The lowest BCUT2D eigenvalue weighted by Gasteiger charge is -2.18. The van der Waals surface area contributed by atoms with Crippen molar-refractivity contribution >= 4 is 57.9 Å². The number of allylic oxidation sites excluding steroid dienone is 4. The maximum absolute atomic E-state index is 12.1. The third-order valence-corrected chi connectivity index (χ3v) is 4.50. The van der Waals surface area contributed by atoms with Crippen molar-refractivity contribution in [3.05, 3.63) is 56.0 Å². The highest BCUT2D eigenvalue weighted by Crippen LogP contribution is 2.35. The van der Waals surface area contributed by atoms with Crippen LogP contribution in [0.1, 0.15) is 5.56 Å². The van der Waals surface area contributed by atoms with Crippen LogP contribution < -0.4 is 0 Å². The minimum absolute atomic E-state index is 0.00372. The largest absolute Gasteiger partial charge is 0.295 e. The summed E-state index contributed by atoms with van der Waals surface area (Å²) in [5.41, 5.74) is 1.02. The van der Waals surface area contributed by atoms with E-state index in [1.807, 2.05) is 30.3 Å². The summed E-state index contributed by atoms with van der Waals surface area (Å²) < 4.78 is 0. The Morgan fingerprint density at radius 3 is 2.14 bits per heavy atom. The second-order valence-electron chi connectivity index (χ2n) is 4.34. The molecule has 0 unspecified atom stereocenters. The van der Waals surface area contributed by atoms with Crippen LogP contribution in [0, 0.1) is 0 Å². The summed E-state index contributed by atoms with van der Waals surface area (Å²) in [7, 11) is 1.72. The number of nitrogens with zero attached hydrogens (tertiary/aromatic N) is 2. The van der Waals surface area contributed by atoms with Crippen LogP contribution in [-0.2, 0) is 11.3 Å². The van der Waals surface area contributed by atoms with Crippen LogP contribution in [0.2, 0.25) is 0 Å². The van der Waals surface area contributed by atoms with E-state index in [-0.39, 0.29) is 25.8 Å². The summed E-state index contributed by atoms with van der Waals surface area (Å²) in [6, 6.07) is 9.67. The van der Waals surface area contributed by atoms with Gasteiger partial charge in [-0.05, 0) is 5.56 Å². The van der Waals surface area contributed by atoms with Crippen LogP contribution in [0.4, 0.5) is 0 Å². The average Bonchev–Trinajstić information content (AvgIpc) is 2.48. The number of halogens is 4. The summed E-state index contributed by atoms with van der Waals surface area (Å²) >= 11 is 23.6. The van der Waals surface area contributed by atoms with Gasteiger partial charge in [0.25, 0.3) is 0 Å². The molecule has 7 heteroatoms. The highest BCUT2D eigenvalue weighted by molar-refractivity contribution is 6.74. The average molecular weight is 364 g/mol. The fourth-order valence-electron chi connectivity index (χ4n) is 1.74. The number of Topliss-reactive ketones (excluding diaryl/α,β-unsaturated/α-hetero) is 1. The molecule has 1 aromatic carbocycles. The Hall–Kier alpha value is -1.000. The lowest BCUT2D eigenvalue weighted by atomic mass is 10.1. The first-order valence-electron chi connectivity index (χ1n) is 5.91. The van der Waals surface area contributed by atoms with Crippen molar-refractivity contribution in [3.8, 4) is 0 Å². The minimum Gasteiger partial charge on any atom is -0.295 e. The van der Waals surface area contributed by atoms with E-state index < -0.39 is 5.78 Å². The third-order valence-electron chi connectivity index (χ3n) is 2.73. The van der Waals surface area contributed by atoms with Crippen LogP contribution in [0.15, 0.2) is 55.6 Å². The van der Waals surface area contributed by atoms with Gasteiger partial charge in [-0.2, -0.15) is 5.10 Å². The molecular weight excluding hydrogens is 354 g/mol. The van der Waals surface area contributed by atoms with Crippen LogP contribution in [-0.4, -0.2) is 23.6 Å². The van der Waals surface area contributed by atoms with Gasteiger partial charge in [-0.25, -0.2) is 0 Å². The molecule has 1 aliphatic rings. The van der Waals surface area contributed by atoms with Crippen LogP contribution in [0.25, 0.3) is 0 Å². The normalized spacial score (nSPS) is 17.8. The third kappa shape index (κ3) is 3.61. The second-order valence-corrected chi connectivity index (χ2v) is 5.85. The number of carbonyl (C=O) groups excluding carboxylic acids is 1. The topological polar surface area (TPSA) is 32.7 Å². The molecule has 0 heterocycles. The van der Waals surface area contributed by atoms with E-state index in [2.05, 4.69) is 5.10 Å². The van der Waals surface area contributed by atoms with Crippen molar-refractivity contribution in [1.29, 1.82) is 0 Å². The first-order chi connectivity index (χ1) is 9.91. The number of rotatable bonds is 3. The Morgan fingerprint density at radius 2 is 1.52 bits per heavy atom. The standard InChI is InChI=1S/C14H10Cl4N2O/c1-20(7-8-5-3-2-4-6-8)19-13-11(17)9(15)10(16)12(18)14(13)21/h2-6H,7H2,1H3. The summed E-state index contributed by atoms with van der Waals surface area (Å²) in [5.74, 6) is -0.545. The Balaban J connectivity index is 2.27. The number of hydrazone groups is 1. The molecule has 1 aliphatic carbocycles. The maximum Gasteiger partial charge on any atom is 0.227 e. The lowest BCUT2D eigenvalue weighted by Crippen LogP contribution is -2.24. The molecule has 3 nitrogen and oxygen atoms in total. The van der Waals surface area contributed by atoms with Crippen LogP contribution in [0.3, 0.4) is 0 Å². The zero-order valence-electron chi connectivity index (χ0n) is 10.9. The number of carbonyl (C=O) groups is 1. The molecule has 0 spiro atoms. The van der Waals surface area contributed by atoms with Gasteiger partial charge >= 0.3 is 0 Å². The van der Waals surface area contributed by atoms with Gasteiger partial charge < -0.3 is 0 Å². The maximum atomic E-state index is 12.1. The van der Waals surface area contributed by atoms with E-state index in [9.17, 15) is 4.79 Å². The number of ketones is 1. The molecule has 0 saturated heterocycles. The van der Waals surface area contributed by atoms with E-state index >= 15 is 0 Å². The summed E-state index contributed by atoms with van der Waals surface area (Å²) in [6.45, 7) is 0.508. The summed E-state index contributed by atoms with van der Waals surface area (Å²) in [5, 5.41) is 5.54. The van der Waals surface area contributed by atoms with Crippen molar-refractivity contribution < 1.29 is 4.79 Å². The number of hydrogen-bond acceptors (Lipinski definition) is 3. The minimum atomic E-state index is -0.545. The molecule has 0 N–H and O–H groups in total. The molecule has 0 amide bonds. The lowest BCUT2D eigenvalue weighted by molar-refractivity contribution is -0.109. The predicted octanol–water partition coefficient (Wildman–Crippen LogP) is 4.44. The molecule has 1 aromatic rings. The Bertz CT molecular complexity index is 665. The van der Waals surface area contributed by atoms with Crippen LogP contribution in [0.5, 0.6) is 0 Å². The molecular formula is C14H10Cl4N2O. The smallest absolute Gasteiger partial charge is 0.227 e. The van der Waals surface area contributed by atoms with Crippen molar-refractivity contribution in [3.63, 3.8) is 0 Å². The van der Waals surface area contributed by atoms with Gasteiger partial charge in [-0.1, -0.05) is 76.7 Å². The van der Waals surface area contributed by atoms with E-state index in [0.29, 0.717) is 6.54 Å². The van der Waals surface area contributed by atoms with Gasteiger partial charge in [-0.15, -0.1) is 0 Å². The molecule has 0 radical (unpaired) electrons. The number of benzene rings is 1. The monoisotopic (exact) mass is 362 g/mol. The summed E-state index contributed by atoms with van der Waals surface area (Å²) in [4.78, 5) is 12.1. The van der Waals surface area contributed by atoms with E-state index in [1.165, 1.54) is 0 Å². The first-order valence-corrected chi connectivity index (χ1v) is 7.42. The van der Waals surface area contributed by atoms with Crippen LogP contribution >= 0.6 is 46.4 Å². The van der Waals surface area contributed by atoms with E-state index in [1.54, 1.807) is 12.1 Å². The fraction of sp³-hybridized carbons (Fsp3) is 0.143. The molecule has 0 aliphatic heterocycles. The molecule has 0 bridgehead atoms. The molecule has 0 saturated carbocycles. The van der Waals surface area contributed by atoms with Gasteiger partial charge in [0.15, 0.2) is 5.71 Å². The van der Waals surface area contributed by atoms with Gasteiger partial charge in [0.1, 0.15) is 5.03 Å². The predicted molar refractivity (Wildman–Crippen MR) is 87.8 cm³/mol. The first kappa shape index (κ1) is 16.4. The highest BCUT2D eigenvalue weighted by Gasteiger charge is 2.31. The number of hydrogen-bond donors (Lipinski definition) is 0. The second kappa shape index (κ2) is 6.84. The zero-order valence-corrected chi connectivity index (χ0v) is 13.9. The molecule has 0 atom stereocenters. The zero-order chi connectivity index (χ0) is 15.6. The van der Waals surface area contributed by atoms with Gasteiger partial charge in [0.05, 0.1) is 21.6 Å². The van der Waals surface area contributed by atoms with Gasteiger partial charge in [0, 0.05) is 7.05 Å². The molecule has 0 aromatic heterocycles. The Kier molecular flexibility index (Phi) is 5.33. The van der Waals surface area contributed by atoms with Crippen molar-refractivity contribution in [2.45, 2.75) is 6.54 Å². The van der Waals surface area contributed by atoms with Crippen molar-refractivity contribution in [1.82, 2.24) is 5.01 Å². The fourth-order valence-corrected chi connectivity index (χ4v) is 2.61. The quantitative estimate of drug-likeness (QED) is 0.587. The highest BCUT2D eigenvalue weighted by atomic mass is 35.5. The van der Waals surface area contributed by atoms with E-state index in [0.717, 1.165) is 5.56 Å². The molecule has 0 fully saturated rings. The molecule has 21 heavy (non-hydrogen) atoms. The Labute approximate surface area is 142 Å². The molecule has 2 rings (SSSR count).